The Bertz CT molecular complexity index is 1350. The summed E-state index contributed by atoms with van der Waals surface area (Å²) in [4.78, 5) is 2.92. The second kappa shape index (κ2) is 13.3. The summed E-state index contributed by atoms with van der Waals surface area (Å²) in [7, 11) is -21.6. The van der Waals surface area contributed by atoms with Crippen molar-refractivity contribution >= 4 is 40.8 Å². The molecule has 0 heterocycles. The summed E-state index contributed by atoms with van der Waals surface area (Å²) < 4.78 is 161. The number of nitrogens with zero attached hydrogens (tertiary/aromatic N) is 2. The Hall–Kier alpha value is -2.03. The normalized spacial score (nSPS) is 13.6. The van der Waals surface area contributed by atoms with Gasteiger partial charge in [0.05, 0.1) is 10.9 Å². The second-order valence-corrected chi connectivity index (χ2v) is 15.4. The molecule has 0 saturated heterocycles. The topological polar surface area (TPSA) is 116 Å². The van der Waals surface area contributed by atoms with E-state index in [0.29, 0.717) is 7.54 Å². The molecule has 0 saturated carbocycles. The molecule has 20 heteroatoms. The predicted molar refractivity (Wildman–Crippen MR) is 130 cm³/mol. The van der Waals surface area contributed by atoms with E-state index in [1.165, 1.54) is 22.0 Å². The van der Waals surface area contributed by atoms with Crippen molar-refractivity contribution in [2.24, 2.45) is 13.5 Å². The SMILES string of the molecule is CC(C)CC[S+](c1ccccc1)c1ccccc1.O=S(=O)(N=S([O-])(=NS(=O)(=O)C(F)(F)F)C(F)(F)F)C(F)(F)F. The molecule has 7 nitrogen and oxygen atoms in total. The molecule has 228 valence electrons. The highest BCUT2D eigenvalue weighted by Gasteiger charge is 2.51. The molecule has 0 spiro atoms. The summed E-state index contributed by atoms with van der Waals surface area (Å²) in [5, 5.41) is 0. The molecule has 0 amide bonds. The lowest BCUT2D eigenvalue weighted by Gasteiger charge is -2.23. The maximum atomic E-state index is 12.2. The molecule has 0 fully saturated rings. The third-order valence-corrected chi connectivity index (χ3v) is 11.5. The summed E-state index contributed by atoms with van der Waals surface area (Å²) in [6.45, 7) is 4.61. The first-order chi connectivity index (χ1) is 17.9. The monoisotopic (exact) mass is 668 g/mol. The van der Waals surface area contributed by atoms with E-state index in [4.69, 9.17) is 0 Å². The largest absolute Gasteiger partial charge is 0.772 e. The minimum absolute atomic E-state index is 0.228. The van der Waals surface area contributed by atoms with Crippen LogP contribution in [0.15, 0.2) is 78.0 Å². The van der Waals surface area contributed by atoms with E-state index in [1.807, 2.05) is 0 Å². The zero-order chi connectivity index (χ0) is 31.2. The van der Waals surface area contributed by atoms with Gasteiger partial charge in [-0.25, -0.2) is 0 Å². The minimum Gasteiger partial charge on any atom is -0.772 e. The number of halogens is 9. The molecular formula is C20H21F9N2O5S4. The Morgan fingerprint density at radius 3 is 1.25 bits per heavy atom. The number of alkyl halides is 9. The average molecular weight is 669 g/mol. The zero-order valence-electron chi connectivity index (χ0n) is 20.2. The first kappa shape index (κ1) is 36.0. The van der Waals surface area contributed by atoms with Gasteiger partial charge in [-0.15, -0.1) is 7.54 Å². The number of rotatable bonds is 7. The van der Waals surface area contributed by atoms with Crippen molar-refractivity contribution in [3.63, 3.8) is 0 Å². The highest BCUT2D eigenvalue weighted by molar-refractivity contribution is 8.07. The molecule has 0 unspecified atom stereocenters. The van der Waals surface area contributed by atoms with Crippen molar-refractivity contribution in [2.45, 2.75) is 46.6 Å². The smallest absolute Gasteiger partial charge is 0.519 e. The lowest BCUT2D eigenvalue weighted by Crippen LogP contribution is -2.31. The Kier molecular flexibility index (Phi) is 12.0. The average Bonchev–Trinajstić information content (AvgIpc) is 2.78. The third-order valence-electron chi connectivity index (χ3n) is 4.24. The maximum absolute atomic E-state index is 12.2. The molecule has 0 aliphatic rings. The van der Waals surface area contributed by atoms with Gasteiger partial charge in [0.15, 0.2) is 9.79 Å². The van der Waals surface area contributed by atoms with E-state index < -0.39 is 46.5 Å². The molecule has 0 N–H and O–H groups in total. The van der Waals surface area contributed by atoms with Gasteiger partial charge in [0, 0.05) is 9.90 Å². The van der Waals surface area contributed by atoms with E-state index in [9.17, 15) is 60.9 Å². The second-order valence-electron chi connectivity index (χ2n) is 7.84. The number of sulfonamides is 2. The summed E-state index contributed by atoms with van der Waals surface area (Å²) in [6.07, 6.45) is 1.28. The standard InChI is InChI=1S/C17H21S.C3F9N2O5S3/c1-15(2)13-14-18(16-9-5-3-6-10-16)17-11-7-4-8-12-17;4-1(5,6)20(15,13-21(16,17)2(7,8)9)14-22(18,19)3(10,11)12/h3-12,15H,13-14H2,1-2H3;/q+1;-1. The van der Waals surface area contributed by atoms with Gasteiger partial charge in [-0.3, -0.25) is 0 Å². The first-order valence-electron chi connectivity index (χ1n) is 10.5. The van der Waals surface area contributed by atoms with Crippen LogP contribution in [-0.2, 0) is 40.8 Å². The Labute approximate surface area is 227 Å². The molecule has 0 radical (unpaired) electrons. The van der Waals surface area contributed by atoms with Gasteiger partial charge in [-0.05, 0) is 36.6 Å². The van der Waals surface area contributed by atoms with Gasteiger partial charge >= 0.3 is 36.6 Å². The van der Waals surface area contributed by atoms with Crippen LogP contribution >= 0.6 is 0 Å². The van der Waals surface area contributed by atoms with Crippen LogP contribution in [-0.4, -0.2) is 43.7 Å². The highest BCUT2D eigenvalue weighted by Crippen LogP contribution is 2.35. The van der Waals surface area contributed by atoms with Gasteiger partial charge in [-0.1, -0.05) is 50.2 Å². The summed E-state index contributed by atoms with van der Waals surface area (Å²) in [6, 6.07) is 21.8. The number of benzene rings is 2. The van der Waals surface area contributed by atoms with E-state index in [0.717, 1.165) is 5.92 Å². The number of hydrogen-bond donors (Lipinski definition) is 0. The van der Waals surface area contributed by atoms with Crippen LogP contribution in [0.5, 0.6) is 0 Å². The van der Waals surface area contributed by atoms with Gasteiger partial charge in [-0.2, -0.15) is 56.3 Å². The number of hydrogen-bond acceptors (Lipinski definition) is 5. The van der Waals surface area contributed by atoms with Crippen molar-refractivity contribution in [3.8, 4) is 0 Å². The lowest BCUT2D eigenvalue weighted by molar-refractivity contribution is -0.0460. The highest BCUT2D eigenvalue weighted by atomic mass is 32.3. The molecular weight excluding hydrogens is 647 g/mol. The van der Waals surface area contributed by atoms with Gasteiger partial charge in [0.1, 0.15) is 5.75 Å². The van der Waals surface area contributed by atoms with Crippen LogP contribution in [0.2, 0.25) is 0 Å². The predicted octanol–water partition coefficient (Wildman–Crippen LogP) is 6.63. The van der Waals surface area contributed by atoms with Crippen LogP contribution in [0.1, 0.15) is 20.3 Å². The molecule has 2 aromatic carbocycles. The fourth-order valence-electron chi connectivity index (χ4n) is 2.34. The van der Waals surface area contributed by atoms with Crippen molar-refractivity contribution < 1.29 is 60.9 Å². The molecule has 0 bridgehead atoms. The van der Waals surface area contributed by atoms with E-state index >= 15 is 0 Å². The first-order valence-corrected chi connectivity index (χ1v) is 16.2. The summed E-state index contributed by atoms with van der Waals surface area (Å²) in [5.41, 5.74) is -19.9. The Balaban J connectivity index is 0.000000406. The van der Waals surface area contributed by atoms with Crippen LogP contribution in [0.25, 0.3) is 0 Å². The lowest BCUT2D eigenvalue weighted by atomic mass is 10.2. The molecule has 0 aromatic heterocycles. The quantitative estimate of drug-likeness (QED) is 0.243. The van der Waals surface area contributed by atoms with Crippen molar-refractivity contribution in [3.05, 3.63) is 60.7 Å². The van der Waals surface area contributed by atoms with Crippen molar-refractivity contribution in [1.29, 1.82) is 0 Å². The van der Waals surface area contributed by atoms with Gasteiger partial charge in [0.25, 0.3) is 0 Å². The van der Waals surface area contributed by atoms with Crippen LogP contribution in [0, 0.1) is 5.92 Å². The van der Waals surface area contributed by atoms with Gasteiger partial charge < -0.3 is 4.55 Å². The Morgan fingerprint density at radius 2 is 1.00 bits per heavy atom. The van der Waals surface area contributed by atoms with Crippen LogP contribution in [0.3, 0.4) is 0 Å². The molecule has 2 aromatic rings. The minimum atomic E-state index is -7.35. The molecule has 2 rings (SSSR count). The maximum Gasteiger partial charge on any atom is 0.519 e. The molecule has 0 aliphatic heterocycles. The van der Waals surface area contributed by atoms with E-state index in [1.54, 1.807) is 0 Å². The summed E-state index contributed by atoms with van der Waals surface area (Å²) in [5.74, 6) is 2.03. The molecule has 0 aliphatic carbocycles. The van der Waals surface area contributed by atoms with Crippen molar-refractivity contribution in [1.82, 2.24) is 0 Å². The Morgan fingerprint density at radius 1 is 0.675 bits per heavy atom. The van der Waals surface area contributed by atoms with Crippen LogP contribution < -0.4 is 0 Å². The summed E-state index contributed by atoms with van der Waals surface area (Å²) >= 11 is 0. The van der Waals surface area contributed by atoms with Crippen LogP contribution in [0.4, 0.5) is 39.5 Å². The van der Waals surface area contributed by atoms with Gasteiger partial charge in [0.2, 0.25) is 0 Å². The van der Waals surface area contributed by atoms with Crippen molar-refractivity contribution in [2.75, 3.05) is 5.75 Å². The third kappa shape index (κ3) is 10.1. The fourth-order valence-corrected chi connectivity index (χ4v) is 8.60. The fraction of sp³-hybridized carbons (Fsp3) is 0.400. The molecule has 40 heavy (non-hydrogen) atoms. The van der Waals surface area contributed by atoms with E-state index in [-0.39, 0.29) is 10.9 Å². The zero-order valence-corrected chi connectivity index (χ0v) is 23.5. The molecule has 0 atom stereocenters. The van der Waals surface area contributed by atoms with E-state index in [2.05, 4.69) is 74.5 Å².